The van der Waals surface area contributed by atoms with Crippen LogP contribution in [0.5, 0.6) is 5.75 Å². The molecule has 2 aromatic rings. The van der Waals surface area contributed by atoms with Gasteiger partial charge in [-0.3, -0.25) is 4.79 Å². The fraction of sp³-hybridized carbons (Fsp3) is 0.250. The number of rotatable bonds is 5. The zero-order chi connectivity index (χ0) is 14.5. The Morgan fingerprint density at radius 2 is 2.15 bits per heavy atom. The van der Waals surface area contributed by atoms with Crippen LogP contribution < -0.4 is 4.74 Å². The topological polar surface area (TPSA) is 39.2 Å². The van der Waals surface area contributed by atoms with Crippen molar-refractivity contribution in [3.8, 4) is 5.75 Å². The monoisotopic (exact) mass is 289 g/mol. The molecule has 0 N–H and O–H groups in total. The van der Waals surface area contributed by atoms with Gasteiger partial charge in [0.1, 0.15) is 10.9 Å². The van der Waals surface area contributed by atoms with Crippen LogP contribution in [0.15, 0.2) is 42.6 Å². The maximum atomic E-state index is 12.4. The summed E-state index contributed by atoms with van der Waals surface area (Å²) in [6.45, 7) is 4.04. The normalized spacial score (nSPS) is 11.9. The molecule has 0 saturated carbocycles. The van der Waals surface area contributed by atoms with Crippen molar-refractivity contribution < 1.29 is 9.53 Å². The molecule has 4 heteroatoms. The van der Waals surface area contributed by atoms with E-state index in [1.54, 1.807) is 36.5 Å². The number of hydrogen-bond acceptors (Lipinski definition) is 3. The highest BCUT2D eigenvalue weighted by Gasteiger charge is 2.14. The van der Waals surface area contributed by atoms with E-state index in [0.29, 0.717) is 16.9 Å². The van der Waals surface area contributed by atoms with Crippen LogP contribution in [-0.4, -0.2) is 16.9 Å². The average Bonchev–Trinajstić information content (AvgIpc) is 2.47. The lowest BCUT2D eigenvalue weighted by Crippen LogP contribution is -2.10. The highest BCUT2D eigenvalue weighted by molar-refractivity contribution is 6.33. The van der Waals surface area contributed by atoms with Gasteiger partial charge in [0.15, 0.2) is 5.78 Å². The Morgan fingerprint density at radius 3 is 2.85 bits per heavy atom. The number of carbonyl (C=O) groups is 1. The molecule has 0 bridgehead atoms. The van der Waals surface area contributed by atoms with Crippen LogP contribution in [0.25, 0.3) is 0 Å². The molecule has 20 heavy (non-hydrogen) atoms. The van der Waals surface area contributed by atoms with Gasteiger partial charge in [-0.25, -0.2) is 4.98 Å². The van der Waals surface area contributed by atoms with Gasteiger partial charge in [-0.05, 0) is 37.6 Å². The molecule has 0 aliphatic heterocycles. The van der Waals surface area contributed by atoms with Crippen LogP contribution in [0.1, 0.15) is 36.2 Å². The molecule has 104 valence electrons. The Labute approximate surface area is 123 Å². The second-order valence-corrected chi connectivity index (χ2v) is 4.89. The van der Waals surface area contributed by atoms with Gasteiger partial charge in [0, 0.05) is 11.8 Å². The average molecular weight is 290 g/mol. The predicted octanol–water partition coefficient (Wildman–Crippen LogP) is 4.14. The summed E-state index contributed by atoms with van der Waals surface area (Å²) in [5.41, 5.74) is 0.940. The molecule has 0 fully saturated rings. The molecule has 0 aliphatic rings. The zero-order valence-corrected chi connectivity index (χ0v) is 12.2. The van der Waals surface area contributed by atoms with Gasteiger partial charge >= 0.3 is 0 Å². The summed E-state index contributed by atoms with van der Waals surface area (Å²) in [5, 5.41) is 0.214. The van der Waals surface area contributed by atoms with Crippen LogP contribution in [0.2, 0.25) is 5.15 Å². The summed E-state index contributed by atoms with van der Waals surface area (Å²) < 4.78 is 5.72. The summed E-state index contributed by atoms with van der Waals surface area (Å²) in [5.74, 6) is 0.530. The summed E-state index contributed by atoms with van der Waals surface area (Å²) in [6, 6.07) is 10.5. The van der Waals surface area contributed by atoms with Crippen LogP contribution in [0, 0.1) is 0 Å². The van der Waals surface area contributed by atoms with Crippen molar-refractivity contribution in [2.45, 2.75) is 26.4 Å². The lowest BCUT2D eigenvalue weighted by molar-refractivity contribution is 0.103. The van der Waals surface area contributed by atoms with Gasteiger partial charge in [0.25, 0.3) is 0 Å². The van der Waals surface area contributed by atoms with Gasteiger partial charge < -0.3 is 4.74 Å². The van der Waals surface area contributed by atoms with E-state index >= 15 is 0 Å². The van der Waals surface area contributed by atoms with E-state index in [1.165, 1.54) is 0 Å². The molecule has 0 spiro atoms. The molecule has 1 aromatic heterocycles. The van der Waals surface area contributed by atoms with E-state index in [4.69, 9.17) is 16.3 Å². The van der Waals surface area contributed by atoms with E-state index < -0.39 is 0 Å². The lowest BCUT2D eigenvalue weighted by Gasteiger charge is -2.13. The van der Waals surface area contributed by atoms with E-state index in [2.05, 4.69) is 11.9 Å². The van der Waals surface area contributed by atoms with Gasteiger partial charge in [-0.1, -0.05) is 30.7 Å². The molecule has 2 rings (SSSR count). The van der Waals surface area contributed by atoms with E-state index in [-0.39, 0.29) is 17.0 Å². The van der Waals surface area contributed by atoms with Crippen LogP contribution in [-0.2, 0) is 0 Å². The number of pyridine rings is 1. The number of aromatic nitrogens is 1. The van der Waals surface area contributed by atoms with Gasteiger partial charge in [0.05, 0.1) is 11.7 Å². The fourth-order valence-corrected chi connectivity index (χ4v) is 1.94. The van der Waals surface area contributed by atoms with Crippen LogP contribution in [0.3, 0.4) is 0 Å². The predicted molar refractivity (Wildman–Crippen MR) is 79.5 cm³/mol. The Balaban J connectivity index is 2.27. The molecule has 1 atom stereocenters. The minimum atomic E-state index is -0.155. The third kappa shape index (κ3) is 3.36. The summed E-state index contributed by atoms with van der Waals surface area (Å²) >= 11 is 5.95. The molecule has 0 radical (unpaired) electrons. The third-order valence-electron chi connectivity index (χ3n) is 3.01. The Morgan fingerprint density at radius 1 is 1.35 bits per heavy atom. The largest absolute Gasteiger partial charge is 0.491 e. The standard InChI is InChI=1S/C16H16ClNO2/c1-3-11(2)20-13-7-4-6-12(10-13)15(19)14-8-5-9-18-16(14)17/h4-11H,3H2,1-2H3. The molecule has 3 nitrogen and oxygen atoms in total. The maximum Gasteiger partial charge on any atom is 0.196 e. The molecule has 1 aromatic carbocycles. The van der Waals surface area contributed by atoms with Crippen molar-refractivity contribution in [2.24, 2.45) is 0 Å². The summed E-state index contributed by atoms with van der Waals surface area (Å²) in [7, 11) is 0. The number of carbonyl (C=O) groups excluding carboxylic acids is 1. The van der Waals surface area contributed by atoms with Crippen molar-refractivity contribution in [1.29, 1.82) is 0 Å². The Hall–Kier alpha value is -1.87. The number of halogens is 1. The van der Waals surface area contributed by atoms with Crippen molar-refractivity contribution in [3.63, 3.8) is 0 Å². The smallest absolute Gasteiger partial charge is 0.196 e. The lowest BCUT2D eigenvalue weighted by atomic mass is 10.0. The number of benzene rings is 1. The highest BCUT2D eigenvalue weighted by Crippen LogP contribution is 2.21. The zero-order valence-electron chi connectivity index (χ0n) is 11.5. The number of ether oxygens (including phenoxy) is 1. The molecule has 1 heterocycles. The molecule has 1 unspecified atom stereocenters. The second kappa shape index (κ2) is 6.53. The molecule has 0 aliphatic carbocycles. The molecule has 0 amide bonds. The first-order valence-corrected chi connectivity index (χ1v) is 6.91. The van der Waals surface area contributed by atoms with Crippen molar-refractivity contribution >= 4 is 17.4 Å². The minimum absolute atomic E-state index is 0.113. The number of nitrogens with zero attached hydrogens (tertiary/aromatic N) is 1. The fourth-order valence-electron chi connectivity index (χ4n) is 1.74. The van der Waals surface area contributed by atoms with Gasteiger partial charge in [0.2, 0.25) is 0 Å². The quantitative estimate of drug-likeness (QED) is 0.613. The summed E-state index contributed by atoms with van der Waals surface area (Å²) in [4.78, 5) is 16.3. The van der Waals surface area contributed by atoms with E-state index in [1.807, 2.05) is 13.0 Å². The summed E-state index contributed by atoms with van der Waals surface area (Å²) in [6.07, 6.45) is 2.58. The molecular formula is C16H16ClNO2. The minimum Gasteiger partial charge on any atom is -0.491 e. The number of ketones is 1. The van der Waals surface area contributed by atoms with Crippen molar-refractivity contribution in [1.82, 2.24) is 4.98 Å². The SMILES string of the molecule is CCC(C)Oc1cccc(C(=O)c2cccnc2Cl)c1. The number of hydrogen-bond donors (Lipinski definition) is 0. The van der Waals surface area contributed by atoms with Crippen LogP contribution in [0.4, 0.5) is 0 Å². The van der Waals surface area contributed by atoms with E-state index in [9.17, 15) is 4.79 Å². The van der Waals surface area contributed by atoms with Gasteiger partial charge in [-0.2, -0.15) is 0 Å². The second-order valence-electron chi connectivity index (χ2n) is 4.54. The van der Waals surface area contributed by atoms with Crippen LogP contribution >= 0.6 is 11.6 Å². The Bertz CT molecular complexity index is 613. The van der Waals surface area contributed by atoms with Crippen molar-refractivity contribution in [3.05, 3.63) is 58.9 Å². The first kappa shape index (κ1) is 14.5. The first-order valence-electron chi connectivity index (χ1n) is 6.53. The van der Waals surface area contributed by atoms with E-state index in [0.717, 1.165) is 6.42 Å². The molecule has 0 saturated heterocycles. The highest BCUT2D eigenvalue weighted by atomic mass is 35.5. The first-order chi connectivity index (χ1) is 9.61. The van der Waals surface area contributed by atoms with Crippen molar-refractivity contribution in [2.75, 3.05) is 0 Å². The Kier molecular flexibility index (Phi) is 4.74. The molecular weight excluding hydrogens is 274 g/mol. The third-order valence-corrected chi connectivity index (χ3v) is 3.31. The maximum absolute atomic E-state index is 12.4. The van der Waals surface area contributed by atoms with Gasteiger partial charge in [-0.15, -0.1) is 0 Å².